The quantitative estimate of drug-likeness (QED) is 0.731. The van der Waals surface area contributed by atoms with E-state index in [9.17, 15) is 14.7 Å². The Kier molecular flexibility index (Phi) is 3.06. The van der Waals surface area contributed by atoms with Gasteiger partial charge in [-0.3, -0.25) is 9.59 Å². The highest BCUT2D eigenvalue weighted by molar-refractivity contribution is 5.98. The van der Waals surface area contributed by atoms with Crippen LogP contribution in [0.5, 0.6) is 5.75 Å². The molecule has 0 saturated heterocycles. The number of aromatic hydroxyl groups is 1. The van der Waals surface area contributed by atoms with Gasteiger partial charge in [-0.1, -0.05) is 30.3 Å². The molecule has 0 radical (unpaired) electrons. The number of fused-ring (bicyclic) bond motifs is 1. The van der Waals surface area contributed by atoms with Gasteiger partial charge in [0.2, 0.25) is 5.43 Å². The Labute approximate surface area is 120 Å². The highest BCUT2D eigenvalue weighted by Crippen LogP contribution is 2.28. The van der Waals surface area contributed by atoms with Crippen LogP contribution >= 0.6 is 0 Å². The molecule has 0 aliphatic carbocycles. The van der Waals surface area contributed by atoms with Gasteiger partial charge in [0.15, 0.2) is 11.9 Å². The normalized spacial score (nSPS) is 10.7. The minimum atomic E-state index is -0.219. The molecule has 0 aliphatic rings. The van der Waals surface area contributed by atoms with E-state index in [2.05, 4.69) is 0 Å². The van der Waals surface area contributed by atoms with Gasteiger partial charge in [-0.2, -0.15) is 0 Å². The first-order valence-electron chi connectivity index (χ1n) is 6.43. The van der Waals surface area contributed by atoms with Gasteiger partial charge in [-0.25, -0.2) is 0 Å². The molecule has 1 heterocycles. The van der Waals surface area contributed by atoms with Gasteiger partial charge in [0.1, 0.15) is 11.5 Å². The number of carbonyl (C=O) groups excluding carboxylic acids is 1. The minimum Gasteiger partial charge on any atom is -0.507 e. The second-order valence-corrected chi connectivity index (χ2v) is 4.72. The summed E-state index contributed by atoms with van der Waals surface area (Å²) < 4.78 is 5.64. The number of benzene rings is 2. The number of carbonyl (C=O) groups is 1. The number of hydrogen-bond donors (Lipinski definition) is 1. The van der Waals surface area contributed by atoms with Crippen LogP contribution in [0.15, 0.2) is 51.7 Å². The van der Waals surface area contributed by atoms with Gasteiger partial charge in [-0.15, -0.1) is 0 Å². The Morgan fingerprint density at radius 1 is 1.10 bits per heavy atom. The van der Waals surface area contributed by atoms with Crippen molar-refractivity contribution in [1.29, 1.82) is 0 Å². The molecule has 1 aromatic heterocycles. The van der Waals surface area contributed by atoms with Crippen LogP contribution in [0.4, 0.5) is 0 Å². The number of aryl methyl sites for hydroxylation is 1. The maximum atomic E-state index is 12.7. The van der Waals surface area contributed by atoms with E-state index >= 15 is 0 Å². The first kappa shape index (κ1) is 13.1. The molecule has 3 aromatic rings. The molecule has 0 spiro atoms. The Morgan fingerprint density at radius 3 is 2.48 bits per heavy atom. The van der Waals surface area contributed by atoms with Crippen molar-refractivity contribution >= 4 is 17.3 Å². The molecule has 4 heteroatoms. The van der Waals surface area contributed by atoms with Gasteiger partial charge in [0, 0.05) is 0 Å². The second-order valence-electron chi connectivity index (χ2n) is 4.72. The third-order valence-electron chi connectivity index (χ3n) is 3.43. The van der Waals surface area contributed by atoms with E-state index in [1.807, 2.05) is 30.3 Å². The number of phenolic OH excluding ortho intramolecular Hbond substituents is 1. The predicted octanol–water partition coefficient (Wildman–Crippen LogP) is 3.29. The third-order valence-corrected chi connectivity index (χ3v) is 3.43. The summed E-state index contributed by atoms with van der Waals surface area (Å²) in [4.78, 5) is 23.8. The molecular formula is C17H12O4. The summed E-state index contributed by atoms with van der Waals surface area (Å²) in [6.07, 6.45) is 0.488. The summed E-state index contributed by atoms with van der Waals surface area (Å²) in [5.74, 6) is 0.208. The average Bonchev–Trinajstić information content (AvgIpc) is 2.48. The molecule has 2 aromatic carbocycles. The van der Waals surface area contributed by atoms with E-state index in [0.29, 0.717) is 17.6 Å². The fourth-order valence-electron chi connectivity index (χ4n) is 2.43. The fourth-order valence-corrected chi connectivity index (χ4v) is 2.43. The van der Waals surface area contributed by atoms with Crippen LogP contribution in [0.2, 0.25) is 0 Å². The predicted molar refractivity (Wildman–Crippen MR) is 79.7 cm³/mol. The molecule has 0 aliphatic heterocycles. The highest BCUT2D eigenvalue weighted by atomic mass is 16.3. The maximum absolute atomic E-state index is 12.7. The third kappa shape index (κ3) is 2.01. The number of phenols is 1. The van der Waals surface area contributed by atoms with Crippen molar-refractivity contribution in [3.8, 4) is 16.9 Å². The van der Waals surface area contributed by atoms with Gasteiger partial charge in [0.25, 0.3) is 0 Å². The van der Waals surface area contributed by atoms with Gasteiger partial charge >= 0.3 is 0 Å². The van der Waals surface area contributed by atoms with Gasteiger partial charge < -0.3 is 9.52 Å². The lowest BCUT2D eigenvalue weighted by Gasteiger charge is -2.08. The van der Waals surface area contributed by atoms with Crippen molar-refractivity contribution in [2.75, 3.05) is 0 Å². The molecule has 0 fully saturated rings. The van der Waals surface area contributed by atoms with Crippen molar-refractivity contribution in [2.45, 2.75) is 6.92 Å². The molecule has 104 valence electrons. The highest BCUT2D eigenvalue weighted by Gasteiger charge is 2.17. The maximum Gasteiger partial charge on any atom is 0.200 e. The lowest BCUT2D eigenvalue weighted by molar-refractivity contribution is 0.112. The zero-order chi connectivity index (χ0) is 15.0. The summed E-state index contributed by atoms with van der Waals surface area (Å²) in [5, 5.41) is 9.96. The molecular weight excluding hydrogens is 268 g/mol. The van der Waals surface area contributed by atoms with Crippen LogP contribution in [0.3, 0.4) is 0 Å². The molecule has 0 atom stereocenters. The first-order valence-corrected chi connectivity index (χ1v) is 6.43. The van der Waals surface area contributed by atoms with E-state index in [-0.39, 0.29) is 27.7 Å². The van der Waals surface area contributed by atoms with Crippen molar-refractivity contribution in [2.24, 2.45) is 0 Å². The Bertz CT molecular complexity index is 892. The minimum absolute atomic E-state index is 0.00712. The molecule has 21 heavy (non-hydrogen) atoms. The molecule has 1 N–H and O–H groups in total. The topological polar surface area (TPSA) is 67.5 Å². The number of aldehydes is 1. The van der Waals surface area contributed by atoms with Crippen molar-refractivity contribution in [1.82, 2.24) is 0 Å². The lowest BCUT2D eigenvalue weighted by Crippen LogP contribution is -2.08. The van der Waals surface area contributed by atoms with Crippen LogP contribution in [0.25, 0.3) is 22.1 Å². The summed E-state index contributed by atoms with van der Waals surface area (Å²) in [5.41, 5.74) is 1.11. The van der Waals surface area contributed by atoms with E-state index < -0.39 is 0 Å². The summed E-state index contributed by atoms with van der Waals surface area (Å²) >= 11 is 0. The average molecular weight is 280 g/mol. The first-order chi connectivity index (χ1) is 10.1. The van der Waals surface area contributed by atoms with Crippen LogP contribution in [0.1, 0.15) is 16.1 Å². The molecule has 0 saturated carbocycles. The fraction of sp³-hybridized carbons (Fsp3) is 0.0588. The Balaban J connectivity index is 2.44. The van der Waals surface area contributed by atoms with Crippen LogP contribution < -0.4 is 5.43 Å². The van der Waals surface area contributed by atoms with E-state index in [0.717, 1.165) is 5.56 Å². The Morgan fingerprint density at radius 2 is 1.81 bits per heavy atom. The van der Waals surface area contributed by atoms with E-state index in [1.165, 1.54) is 12.1 Å². The number of hydrogen-bond acceptors (Lipinski definition) is 4. The summed E-state index contributed by atoms with van der Waals surface area (Å²) in [6.45, 7) is 1.67. The smallest absolute Gasteiger partial charge is 0.200 e. The van der Waals surface area contributed by atoms with Crippen molar-refractivity contribution in [3.63, 3.8) is 0 Å². The standard InChI is InChI=1S/C17H12O4/c1-10-15(11-5-3-2-4-6-11)16(20)12-7-8-14(19)13(9-18)17(12)21-10/h2-9,19H,1H3. The van der Waals surface area contributed by atoms with Crippen LogP contribution in [0, 0.1) is 6.92 Å². The molecule has 0 unspecified atom stereocenters. The summed E-state index contributed by atoms with van der Waals surface area (Å²) in [7, 11) is 0. The largest absolute Gasteiger partial charge is 0.507 e. The summed E-state index contributed by atoms with van der Waals surface area (Å²) in [6, 6.07) is 12.0. The van der Waals surface area contributed by atoms with Crippen molar-refractivity contribution in [3.05, 3.63) is 64.0 Å². The van der Waals surface area contributed by atoms with Crippen LogP contribution in [-0.2, 0) is 0 Å². The van der Waals surface area contributed by atoms with E-state index in [4.69, 9.17) is 4.42 Å². The zero-order valence-electron chi connectivity index (χ0n) is 11.3. The van der Waals surface area contributed by atoms with Gasteiger partial charge in [0.05, 0.1) is 16.5 Å². The molecule has 4 nitrogen and oxygen atoms in total. The van der Waals surface area contributed by atoms with Crippen LogP contribution in [-0.4, -0.2) is 11.4 Å². The van der Waals surface area contributed by atoms with E-state index in [1.54, 1.807) is 6.92 Å². The second kappa shape index (κ2) is 4.90. The molecule has 3 rings (SSSR count). The lowest BCUT2D eigenvalue weighted by atomic mass is 10.0. The SMILES string of the molecule is Cc1oc2c(C=O)c(O)ccc2c(=O)c1-c1ccccc1. The molecule has 0 amide bonds. The number of rotatable bonds is 2. The Hall–Kier alpha value is -2.88. The monoisotopic (exact) mass is 280 g/mol. The van der Waals surface area contributed by atoms with Crippen molar-refractivity contribution < 1.29 is 14.3 Å². The zero-order valence-corrected chi connectivity index (χ0v) is 11.3. The van der Waals surface area contributed by atoms with Gasteiger partial charge in [-0.05, 0) is 24.6 Å². The molecule has 0 bridgehead atoms.